The van der Waals surface area contributed by atoms with E-state index in [0.29, 0.717) is 31.1 Å². The van der Waals surface area contributed by atoms with Crippen LogP contribution >= 0.6 is 0 Å². The zero-order valence-corrected chi connectivity index (χ0v) is 17.0. The first-order valence-corrected chi connectivity index (χ1v) is 10.8. The van der Waals surface area contributed by atoms with Crippen LogP contribution in [-0.2, 0) is 19.6 Å². The summed E-state index contributed by atoms with van der Waals surface area (Å²) >= 11 is 0. The summed E-state index contributed by atoms with van der Waals surface area (Å²) in [5.41, 5.74) is 0. The van der Waals surface area contributed by atoms with E-state index in [0.717, 1.165) is 32.1 Å². The Morgan fingerprint density at radius 3 is 1.80 bits per heavy atom. The molecule has 0 aromatic heterocycles. The van der Waals surface area contributed by atoms with Gasteiger partial charge in [0.15, 0.2) is 0 Å². The fourth-order valence-corrected chi connectivity index (χ4v) is 3.57. The highest BCUT2D eigenvalue weighted by atomic mass is 32.2. The van der Waals surface area contributed by atoms with Crippen molar-refractivity contribution in [3.63, 3.8) is 0 Å². The largest absolute Gasteiger partial charge is 0.478 e. The Hall–Kier alpha value is -0.660. The minimum atomic E-state index is -4.86. The van der Waals surface area contributed by atoms with Crippen molar-refractivity contribution >= 4 is 16.1 Å². The molecule has 7 heteroatoms. The highest BCUT2D eigenvalue weighted by Crippen LogP contribution is 2.27. The van der Waals surface area contributed by atoms with E-state index in [4.69, 9.17) is 4.74 Å². The van der Waals surface area contributed by atoms with Crippen molar-refractivity contribution in [2.75, 3.05) is 6.61 Å². The second-order valence-corrected chi connectivity index (χ2v) is 9.23. The van der Waals surface area contributed by atoms with Crippen molar-refractivity contribution in [1.29, 1.82) is 0 Å². The molecule has 0 aromatic carbocycles. The predicted molar refractivity (Wildman–Crippen MR) is 99.1 cm³/mol. The molecule has 0 aromatic rings. The summed E-state index contributed by atoms with van der Waals surface area (Å²) in [6.07, 6.45) is 6.23. The van der Waals surface area contributed by atoms with Crippen LogP contribution in [0.1, 0.15) is 85.5 Å². The van der Waals surface area contributed by atoms with E-state index >= 15 is 0 Å². The third-order valence-corrected chi connectivity index (χ3v) is 5.62. The molecule has 0 bridgehead atoms. The van der Waals surface area contributed by atoms with Crippen molar-refractivity contribution in [2.45, 2.75) is 90.4 Å². The van der Waals surface area contributed by atoms with E-state index in [9.17, 15) is 22.9 Å². The number of hydrogen-bond donors (Lipinski definition) is 2. The van der Waals surface area contributed by atoms with Gasteiger partial charge in [0.1, 0.15) is 0 Å². The van der Waals surface area contributed by atoms with Gasteiger partial charge in [0.05, 0.1) is 0 Å². The molecule has 1 atom stereocenters. The standard InChI is InChI=1S/C18H36O6S/c1-15(2)11-7-5-9-13-18(17(19)20,25(21,22)23)24-14-10-6-8-12-16(3)4/h15-16H,5-14H2,1-4H3,(H,19,20)(H,21,22,23). The molecule has 0 fully saturated rings. The highest BCUT2D eigenvalue weighted by molar-refractivity contribution is 7.87. The van der Waals surface area contributed by atoms with Crippen LogP contribution in [0.3, 0.4) is 0 Å². The summed E-state index contributed by atoms with van der Waals surface area (Å²) in [7, 11) is -4.86. The smallest absolute Gasteiger partial charge is 0.354 e. The Kier molecular flexibility index (Phi) is 11.5. The van der Waals surface area contributed by atoms with Gasteiger partial charge < -0.3 is 9.84 Å². The first-order chi connectivity index (χ1) is 11.5. The van der Waals surface area contributed by atoms with Crippen LogP contribution in [-0.4, -0.2) is 35.6 Å². The lowest BCUT2D eigenvalue weighted by Gasteiger charge is -2.26. The summed E-state index contributed by atoms with van der Waals surface area (Å²) in [5.74, 6) is -0.489. The molecule has 0 aliphatic carbocycles. The second kappa shape index (κ2) is 11.9. The Labute approximate surface area is 153 Å². The van der Waals surface area contributed by atoms with Crippen LogP contribution in [0.2, 0.25) is 0 Å². The quantitative estimate of drug-likeness (QED) is 0.320. The fourth-order valence-electron chi connectivity index (χ4n) is 2.71. The van der Waals surface area contributed by atoms with Gasteiger partial charge in [-0.25, -0.2) is 4.79 Å². The molecular formula is C18H36O6S. The molecule has 0 rings (SSSR count). The molecule has 0 saturated carbocycles. The molecule has 0 aliphatic heterocycles. The van der Waals surface area contributed by atoms with Gasteiger partial charge in [-0.2, -0.15) is 8.42 Å². The lowest BCUT2D eigenvalue weighted by Crippen LogP contribution is -2.49. The van der Waals surface area contributed by atoms with E-state index in [2.05, 4.69) is 27.7 Å². The number of hydrogen-bond acceptors (Lipinski definition) is 4. The van der Waals surface area contributed by atoms with Crippen molar-refractivity contribution in [3.8, 4) is 0 Å². The van der Waals surface area contributed by atoms with Gasteiger partial charge in [0.2, 0.25) is 0 Å². The van der Waals surface area contributed by atoms with Crippen molar-refractivity contribution in [1.82, 2.24) is 0 Å². The molecule has 0 heterocycles. The zero-order chi connectivity index (χ0) is 19.5. The van der Waals surface area contributed by atoms with Crippen molar-refractivity contribution in [3.05, 3.63) is 0 Å². The number of carboxylic acid groups (broad SMARTS) is 1. The molecule has 150 valence electrons. The van der Waals surface area contributed by atoms with Gasteiger partial charge in [0, 0.05) is 13.0 Å². The lowest BCUT2D eigenvalue weighted by molar-refractivity contribution is -0.156. The molecule has 6 nitrogen and oxygen atoms in total. The average Bonchev–Trinajstić information content (AvgIpc) is 2.45. The van der Waals surface area contributed by atoms with Gasteiger partial charge in [-0.3, -0.25) is 4.55 Å². The van der Waals surface area contributed by atoms with E-state index in [1.807, 2.05) is 0 Å². The van der Waals surface area contributed by atoms with E-state index in [1.165, 1.54) is 0 Å². The Bertz CT molecular complexity index is 472. The lowest BCUT2D eigenvalue weighted by atomic mass is 10.0. The average molecular weight is 381 g/mol. The normalized spacial score (nSPS) is 14.8. The number of aliphatic carboxylic acids is 1. The van der Waals surface area contributed by atoms with Crippen LogP contribution in [0, 0.1) is 11.8 Å². The van der Waals surface area contributed by atoms with Crippen molar-refractivity contribution in [2.24, 2.45) is 11.8 Å². The molecule has 1 unspecified atom stereocenters. The monoisotopic (exact) mass is 380 g/mol. The summed E-state index contributed by atoms with van der Waals surface area (Å²) in [6, 6.07) is 0. The van der Waals surface area contributed by atoms with Crippen LogP contribution in [0.15, 0.2) is 0 Å². The van der Waals surface area contributed by atoms with Crippen LogP contribution in [0.25, 0.3) is 0 Å². The van der Waals surface area contributed by atoms with Crippen LogP contribution in [0.4, 0.5) is 0 Å². The topological polar surface area (TPSA) is 101 Å². The molecular weight excluding hydrogens is 344 g/mol. The van der Waals surface area contributed by atoms with Gasteiger partial charge >= 0.3 is 16.1 Å². The minimum absolute atomic E-state index is 0.0101. The van der Waals surface area contributed by atoms with Gasteiger partial charge in [-0.05, 0) is 24.7 Å². The molecule has 0 spiro atoms. The maximum atomic E-state index is 11.7. The van der Waals surface area contributed by atoms with Crippen LogP contribution < -0.4 is 0 Å². The molecule has 0 radical (unpaired) electrons. The summed E-state index contributed by atoms with van der Waals surface area (Å²) in [5, 5.41) is 9.42. The summed E-state index contributed by atoms with van der Waals surface area (Å²) < 4.78 is 38.2. The molecule has 25 heavy (non-hydrogen) atoms. The third-order valence-electron chi connectivity index (χ3n) is 4.29. The SMILES string of the molecule is CC(C)CCCCCOC(CCCCCC(C)C)(C(=O)O)S(=O)(=O)O. The maximum Gasteiger partial charge on any atom is 0.354 e. The van der Waals surface area contributed by atoms with Crippen LogP contribution in [0.5, 0.6) is 0 Å². The highest BCUT2D eigenvalue weighted by Gasteiger charge is 2.51. The summed E-state index contributed by atoms with van der Waals surface area (Å²) in [4.78, 5) is 9.05. The summed E-state index contributed by atoms with van der Waals surface area (Å²) in [6.45, 7) is 8.47. The van der Waals surface area contributed by atoms with Gasteiger partial charge in [-0.15, -0.1) is 0 Å². The molecule has 0 saturated heterocycles. The van der Waals surface area contributed by atoms with E-state index in [1.54, 1.807) is 0 Å². The number of unbranched alkanes of at least 4 members (excludes halogenated alkanes) is 4. The Morgan fingerprint density at radius 2 is 1.40 bits per heavy atom. The maximum absolute atomic E-state index is 11.7. The number of rotatable bonds is 15. The second-order valence-electron chi connectivity index (χ2n) is 7.62. The van der Waals surface area contributed by atoms with E-state index < -0.39 is 21.0 Å². The Morgan fingerprint density at radius 1 is 0.920 bits per heavy atom. The molecule has 0 aliphatic rings. The third kappa shape index (κ3) is 9.56. The molecule has 0 amide bonds. The first kappa shape index (κ1) is 24.3. The van der Waals surface area contributed by atoms with Crippen molar-refractivity contribution < 1.29 is 27.6 Å². The number of ether oxygens (including phenoxy) is 1. The predicted octanol–water partition coefficient (Wildman–Crippen LogP) is 4.49. The Balaban J connectivity index is 4.61. The zero-order valence-electron chi connectivity index (χ0n) is 16.2. The van der Waals surface area contributed by atoms with E-state index in [-0.39, 0.29) is 13.0 Å². The fraction of sp³-hybridized carbons (Fsp3) is 0.944. The van der Waals surface area contributed by atoms with Gasteiger partial charge in [-0.1, -0.05) is 66.2 Å². The minimum Gasteiger partial charge on any atom is -0.478 e. The first-order valence-electron chi connectivity index (χ1n) is 9.37. The molecule has 2 N–H and O–H groups in total. The number of carbonyl (C=O) groups is 1. The van der Waals surface area contributed by atoms with Gasteiger partial charge in [0.25, 0.3) is 4.93 Å². The number of carboxylic acids is 1.